The minimum Gasteiger partial charge on any atom is -0.487 e. The minimum atomic E-state index is -0.0815. The molecular formula is C21H19N3O2. The second kappa shape index (κ2) is 6.96. The standard InChI is InChI=1S/C21H19N3O2/c1-15-6-5-9-20(23-15)24-11-10-19-18(21(24)25)12-17(13-22-19)26-14-16-7-3-2-4-8-16/h2-9,12-13H,10-11,14H2,1H3. The predicted molar refractivity (Wildman–Crippen MR) is 99.4 cm³/mol. The highest BCUT2D eigenvalue weighted by atomic mass is 16.5. The summed E-state index contributed by atoms with van der Waals surface area (Å²) in [5.41, 5.74) is 3.36. The number of fused-ring (bicyclic) bond motifs is 1. The lowest BCUT2D eigenvalue weighted by Gasteiger charge is -2.27. The van der Waals surface area contributed by atoms with E-state index in [-0.39, 0.29) is 5.91 Å². The summed E-state index contributed by atoms with van der Waals surface area (Å²) in [6.07, 6.45) is 2.39. The number of carbonyl (C=O) groups is 1. The number of ether oxygens (including phenoxy) is 1. The van der Waals surface area contributed by atoms with E-state index in [0.29, 0.717) is 36.7 Å². The molecule has 0 N–H and O–H groups in total. The largest absolute Gasteiger partial charge is 0.487 e. The van der Waals surface area contributed by atoms with Gasteiger partial charge < -0.3 is 4.74 Å². The van der Waals surface area contributed by atoms with Crippen LogP contribution in [-0.4, -0.2) is 22.4 Å². The first-order chi connectivity index (χ1) is 12.7. The molecule has 1 aliphatic rings. The van der Waals surface area contributed by atoms with E-state index in [1.54, 1.807) is 17.2 Å². The molecule has 2 aromatic heterocycles. The number of carbonyl (C=O) groups excluding carboxylic acids is 1. The topological polar surface area (TPSA) is 55.3 Å². The maximum atomic E-state index is 12.9. The van der Waals surface area contributed by atoms with E-state index in [2.05, 4.69) is 9.97 Å². The van der Waals surface area contributed by atoms with Gasteiger partial charge in [-0.3, -0.25) is 14.7 Å². The molecule has 26 heavy (non-hydrogen) atoms. The maximum absolute atomic E-state index is 12.9. The van der Waals surface area contributed by atoms with E-state index >= 15 is 0 Å². The van der Waals surface area contributed by atoms with E-state index in [1.807, 2.05) is 55.5 Å². The van der Waals surface area contributed by atoms with Crippen molar-refractivity contribution in [1.82, 2.24) is 9.97 Å². The Hall–Kier alpha value is -3.21. The van der Waals surface area contributed by atoms with Crippen molar-refractivity contribution in [3.05, 3.63) is 83.3 Å². The molecule has 0 radical (unpaired) electrons. The van der Waals surface area contributed by atoms with Crippen molar-refractivity contribution in [2.24, 2.45) is 0 Å². The molecule has 5 heteroatoms. The molecule has 1 aliphatic heterocycles. The molecule has 4 rings (SSSR count). The maximum Gasteiger partial charge on any atom is 0.261 e. The predicted octanol–water partition coefficient (Wildman–Crippen LogP) is 3.57. The lowest BCUT2D eigenvalue weighted by atomic mass is 10.0. The third-order valence-electron chi connectivity index (χ3n) is 4.39. The normalized spacial score (nSPS) is 13.4. The van der Waals surface area contributed by atoms with Crippen molar-refractivity contribution in [3.8, 4) is 5.75 Å². The van der Waals surface area contributed by atoms with E-state index in [0.717, 1.165) is 17.0 Å². The van der Waals surface area contributed by atoms with Crippen molar-refractivity contribution in [3.63, 3.8) is 0 Å². The van der Waals surface area contributed by atoms with Crippen molar-refractivity contribution >= 4 is 11.7 Å². The summed E-state index contributed by atoms with van der Waals surface area (Å²) >= 11 is 0. The van der Waals surface area contributed by atoms with Crippen molar-refractivity contribution in [2.75, 3.05) is 11.4 Å². The molecule has 3 aromatic rings. The summed E-state index contributed by atoms with van der Waals surface area (Å²) in [4.78, 5) is 23.6. The smallest absolute Gasteiger partial charge is 0.261 e. The summed E-state index contributed by atoms with van der Waals surface area (Å²) in [6, 6.07) is 17.4. The first kappa shape index (κ1) is 16.3. The highest BCUT2D eigenvalue weighted by Crippen LogP contribution is 2.25. The Morgan fingerprint density at radius 2 is 1.96 bits per heavy atom. The van der Waals surface area contributed by atoms with Crippen LogP contribution in [0.15, 0.2) is 60.8 Å². The summed E-state index contributed by atoms with van der Waals surface area (Å²) in [6.45, 7) is 2.95. The van der Waals surface area contributed by atoms with Gasteiger partial charge in [-0.05, 0) is 30.7 Å². The highest BCUT2D eigenvalue weighted by molar-refractivity contribution is 6.07. The number of aryl methyl sites for hydroxylation is 1. The zero-order valence-corrected chi connectivity index (χ0v) is 14.6. The first-order valence-electron chi connectivity index (χ1n) is 8.62. The molecule has 0 atom stereocenters. The summed E-state index contributed by atoms with van der Waals surface area (Å²) in [5.74, 6) is 1.19. The van der Waals surface area contributed by atoms with Gasteiger partial charge in [-0.15, -0.1) is 0 Å². The molecular weight excluding hydrogens is 326 g/mol. The molecule has 0 saturated heterocycles. The number of anilines is 1. The SMILES string of the molecule is Cc1cccc(N2CCc3ncc(OCc4ccccc4)cc3C2=O)n1. The third-order valence-corrected chi connectivity index (χ3v) is 4.39. The van der Waals surface area contributed by atoms with E-state index in [1.165, 1.54) is 0 Å². The van der Waals surface area contributed by atoms with Crippen LogP contribution >= 0.6 is 0 Å². The van der Waals surface area contributed by atoms with Gasteiger partial charge in [0.15, 0.2) is 0 Å². The molecule has 0 aliphatic carbocycles. The fourth-order valence-electron chi connectivity index (χ4n) is 3.04. The average molecular weight is 345 g/mol. The van der Waals surface area contributed by atoms with Crippen LogP contribution < -0.4 is 9.64 Å². The number of benzene rings is 1. The number of hydrogen-bond donors (Lipinski definition) is 0. The Bertz CT molecular complexity index is 941. The third kappa shape index (κ3) is 3.28. The van der Waals surface area contributed by atoms with Gasteiger partial charge in [-0.2, -0.15) is 0 Å². The number of aromatic nitrogens is 2. The van der Waals surface area contributed by atoms with Crippen LogP contribution in [0.2, 0.25) is 0 Å². The van der Waals surface area contributed by atoms with Gasteiger partial charge in [-0.25, -0.2) is 4.98 Å². The number of nitrogens with zero attached hydrogens (tertiary/aromatic N) is 3. The van der Waals surface area contributed by atoms with E-state index in [9.17, 15) is 4.79 Å². The van der Waals surface area contributed by atoms with Gasteiger partial charge in [0.25, 0.3) is 5.91 Å². The second-order valence-electron chi connectivity index (χ2n) is 6.28. The number of pyridine rings is 2. The van der Waals surface area contributed by atoms with Crippen molar-refractivity contribution < 1.29 is 9.53 Å². The second-order valence-corrected chi connectivity index (χ2v) is 6.28. The quantitative estimate of drug-likeness (QED) is 0.725. The molecule has 130 valence electrons. The van der Waals surface area contributed by atoms with Crippen LogP contribution in [0.3, 0.4) is 0 Å². The van der Waals surface area contributed by atoms with Gasteiger partial charge in [0, 0.05) is 18.7 Å². The zero-order chi connectivity index (χ0) is 17.9. The fraction of sp³-hybridized carbons (Fsp3) is 0.190. The highest BCUT2D eigenvalue weighted by Gasteiger charge is 2.27. The zero-order valence-electron chi connectivity index (χ0n) is 14.6. The number of hydrogen-bond acceptors (Lipinski definition) is 4. The summed E-state index contributed by atoms with van der Waals surface area (Å²) in [7, 11) is 0. The van der Waals surface area contributed by atoms with Crippen LogP contribution in [0.4, 0.5) is 5.82 Å². The molecule has 1 aromatic carbocycles. The molecule has 0 unspecified atom stereocenters. The average Bonchev–Trinajstić information content (AvgIpc) is 2.68. The van der Waals surface area contributed by atoms with Crippen LogP contribution in [0.5, 0.6) is 5.75 Å². The number of amides is 1. The van der Waals surface area contributed by atoms with Crippen molar-refractivity contribution in [2.45, 2.75) is 20.0 Å². The Balaban J connectivity index is 1.56. The Labute approximate surface area is 152 Å². The van der Waals surface area contributed by atoms with Crippen LogP contribution in [-0.2, 0) is 13.0 Å². The first-order valence-corrected chi connectivity index (χ1v) is 8.62. The molecule has 1 amide bonds. The van der Waals surface area contributed by atoms with Crippen LogP contribution in [0.1, 0.15) is 27.3 Å². The lowest BCUT2D eigenvalue weighted by molar-refractivity contribution is 0.0978. The van der Waals surface area contributed by atoms with Crippen LogP contribution in [0, 0.1) is 6.92 Å². The Morgan fingerprint density at radius 1 is 1.12 bits per heavy atom. The molecule has 0 bridgehead atoms. The van der Waals surface area contributed by atoms with Gasteiger partial charge in [0.1, 0.15) is 18.2 Å². The molecule has 3 heterocycles. The number of rotatable bonds is 4. The fourth-order valence-corrected chi connectivity index (χ4v) is 3.04. The van der Waals surface area contributed by atoms with Gasteiger partial charge in [0.05, 0.1) is 17.5 Å². The summed E-state index contributed by atoms with van der Waals surface area (Å²) in [5, 5.41) is 0. The van der Waals surface area contributed by atoms with Gasteiger partial charge >= 0.3 is 0 Å². The Morgan fingerprint density at radius 3 is 2.77 bits per heavy atom. The Kier molecular flexibility index (Phi) is 4.35. The monoisotopic (exact) mass is 345 g/mol. The lowest BCUT2D eigenvalue weighted by Crippen LogP contribution is -2.38. The minimum absolute atomic E-state index is 0.0815. The molecule has 5 nitrogen and oxygen atoms in total. The molecule has 0 saturated carbocycles. The molecule has 0 fully saturated rings. The van der Waals surface area contributed by atoms with Gasteiger partial charge in [-0.1, -0.05) is 36.4 Å². The van der Waals surface area contributed by atoms with Gasteiger partial charge in [0.2, 0.25) is 0 Å². The van der Waals surface area contributed by atoms with E-state index in [4.69, 9.17) is 4.74 Å². The van der Waals surface area contributed by atoms with E-state index < -0.39 is 0 Å². The molecule has 0 spiro atoms. The van der Waals surface area contributed by atoms with Crippen LogP contribution in [0.25, 0.3) is 0 Å². The summed E-state index contributed by atoms with van der Waals surface area (Å²) < 4.78 is 5.82. The van der Waals surface area contributed by atoms with Crippen molar-refractivity contribution in [1.29, 1.82) is 0 Å².